The molecule has 5 nitrogen and oxygen atoms in total. The molecule has 1 saturated carbocycles. The van der Waals surface area contributed by atoms with Crippen molar-refractivity contribution in [3.05, 3.63) is 54.4 Å². The van der Waals surface area contributed by atoms with Crippen LogP contribution in [-0.4, -0.2) is 41.3 Å². The summed E-state index contributed by atoms with van der Waals surface area (Å²) in [6.45, 7) is 3.84. The molecule has 152 valence electrons. The van der Waals surface area contributed by atoms with Gasteiger partial charge in [-0.25, -0.2) is 0 Å². The Morgan fingerprint density at radius 2 is 2.03 bits per heavy atom. The Hall–Kier alpha value is -2.69. The molecule has 1 aliphatic carbocycles. The van der Waals surface area contributed by atoms with Crippen molar-refractivity contribution in [1.29, 1.82) is 0 Å². The summed E-state index contributed by atoms with van der Waals surface area (Å²) in [6, 6.07) is 12.3. The maximum absolute atomic E-state index is 13.2. The lowest BCUT2D eigenvalue weighted by Crippen LogP contribution is -2.54. The molecule has 2 fully saturated rings. The molecular weight excluding hydrogens is 362 g/mol. The minimum atomic E-state index is -0.563. The highest BCUT2D eigenvalue weighted by molar-refractivity contribution is 5.86. The minimum Gasteiger partial charge on any atom is -0.356 e. The van der Waals surface area contributed by atoms with E-state index in [1.54, 1.807) is 6.20 Å². The SMILES string of the molecule is CCNC(=O)[C@]1(Cc2cccc(-c3cccnc3)c2)CCCN(C(=O)C2CC2)C1. The molecule has 1 atom stereocenters. The van der Waals surface area contributed by atoms with Crippen molar-refractivity contribution in [2.24, 2.45) is 11.3 Å². The number of likely N-dealkylation sites (tertiary alicyclic amines) is 1. The highest BCUT2D eigenvalue weighted by atomic mass is 16.2. The first kappa shape index (κ1) is 19.6. The van der Waals surface area contributed by atoms with E-state index in [9.17, 15) is 9.59 Å². The number of benzene rings is 1. The quantitative estimate of drug-likeness (QED) is 0.820. The van der Waals surface area contributed by atoms with Gasteiger partial charge in [-0.1, -0.05) is 30.3 Å². The molecule has 1 aromatic carbocycles. The predicted molar refractivity (Wildman–Crippen MR) is 113 cm³/mol. The summed E-state index contributed by atoms with van der Waals surface area (Å²) in [5, 5.41) is 3.04. The molecule has 29 heavy (non-hydrogen) atoms. The highest BCUT2D eigenvalue weighted by Gasteiger charge is 2.45. The van der Waals surface area contributed by atoms with Gasteiger partial charge in [0, 0.05) is 37.9 Å². The van der Waals surface area contributed by atoms with Crippen molar-refractivity contribution < 1.29 is 9.59 Å². The van der Waals surface area contributed by atoms with E-state index < -0.39 is 5.41 Å². The van der Waals surface area contributed by atoms with Gasteiger partial charge in [-0.2, -0.15) is 0 Å². The number of hydrogen-bond donors (Lipinski definition) is 1. The summed E-state index contributed by atoms with van der Waals surface area (Å²) in [5.74, 6) is 0.497. The van der Waals surface area contributed by atoms with Crippen LogP contribution in [0.25, 0.3) is 11.1 Å². The number of piperidine rings is 1. The number of hydrogen-bond acceptors (Lipinski definition) is 3. The highest BCUT2D eigenvalue weighted by Crippen LogP contribution is 2.38. The summed E-state index contributed by atoms with van der Waals surface area (Å²) >= 11 is 0. The fraction of sp³-hybridized carbons (Fsp3) is 0.458. The van der Waals surface area contributed by atoms with Gasteiger partial charge in [0.05, 0.1) is 5.41 Å². The molecular formula is C24H29N3O2. The maximum Gasteiger partial charge on any atom is 0.228 e. The predicted octanol–water partition coefficient (Wildman–Crippen LogP) is 3.45. The summed E-state index contributed by atoms with van der Waals surface area (Å²) in [6.07, 6.45) is 7.94. The maximum atomic E-state index is 13.2. The second-order valence-electron chi connectivity index (χ2n) is 8.40. The van der Waals surface area contributed by atoms with Crippen molar-refractivity contribution in [1.82, 2.24) is 15.2 Å². The third kappa shape index (κ3) is 4.34. The van der Waals surface area contributed by atoms with Crippen LogP contribution in [0.5, 0.6) is 0 Å². The van der Waals surface area contributed by atoms with E-state index >= 15 is 0 Å². The first-order chi connectivity index (χ1) is 14.1. The summed E-state index contributed by atoms with van der Waals surface area (Å²) < 4.78 is 0. The van der Waals surface area contributed by atoms with Crippen LogP contribution in [-0.2, 0) is 16.0 Å². The minimum absolute atomic E-state index is 0.0695. The molecule has 0 spiro atoms. The van der Waals surface area contributed by atoms with Gasteiger partial charge in [0.25, 0.3) is 0 Å². The molecule has 1 N–H and O–H groups in total. The van der Waals surface area contributed by atoms with Crippen LogP contribution in [0.4, 0.5) is 0 Å². The van der Waals surface area contributed by atoms with Crippen LogP contribution in [0.3, 0.4) is 0 Å². The lowest BCUT2D eigenvalue weighted by molar-refractivity contribution is -0.142. The first-order valence-electron chi connectivity index (χ1n) is 10.7. The number of amides is 2. The van der Waals surface area contributed by atoms with Crippen LogP contribution in [0.15, 0.2) is 48.8 Å². The molecule has 5 heteroatoms. The van der Waals surface area contributed by atoms with E-state index in [4.69, 9.17) is 0 Å². The molecule has 0 radical (unpaired) electrons. The number of aromatic nitrogens is 1. The van der Waals surface area contributed by atoms with Crippen molar-refractivity contribution in [2.45, 2.75) is 39.0 Å². The Morgan fingerprint density at radius 3 is 2.76 bits per heavy atom. The smallest absolute Gasteiger partial charge is 0.228 e. The number of carbonyl (C=O) groups excluding carboxylic acids is 2. The van der Waals surface area contributed by atoms with Gasteiger partial charge < -0.3 is 10.2 Å². The van der Waals surface area contributed by atoms with Gasteiger partial charge in [-0.15, -0.1) is 0 Å². The third-order valence-corrected chi connectivity index (χ3v) is 6.10. The van der Waals surface area contributed by atoms with Crippen molar-refractivity contribution in [3.8, 4) is 11.1 Å². The number of nitrogens with zero attached hydrogens (tertiary/aromatic N) is 2. The monoisotopic (exact) mass is 391 g/mol. The molecule has 1 aromatic heterocycles. The molecule has 0 unspecified atom stereocenters. The Morgan fingerprint density at radius 1 is 1.21 bits per heavy atom. The van der Waals surface area contributed by atoms with Crippen LogP contribution in [0, 0.1) is 11.3 Å². The second-order valence-corrected chi connectivity index (χ2v) is 8.40. The van der Waals surface area contributed by atoms with E-state index in [0.717, 1.165) is 48.9 Å². The largest absolute Gasteiger partial charge is 0.356 e. The van der Waals surface area contributed by atoms with Gasteiger partial charge in [0.1, 0.15) is 0 Å². The molecule has 2 aromatic rings. The van der Waals surface area contributed by atoms with Crippen molar-refractivity contribution >= 4 is 11.8 Å². The molecule has 2 aliphatic rings. The zero-order valence-corrected chi connectivity index (χ0v) is 17.1. The van der Waals surface area contributed by atoms with Crippen molar-refractivity contribution in [2.75, 3.05) is 19.6 Å². The lowest BCUT2D eigenvalue weighted by Gasteiger charge is -2.42. The van der Waals surface area contributed by atoms with E-state index in [-0.39, 0.29) is 17.7 Å². The summed E-state index contributed by atoms with van der Waals surface area (Å²) in [5.41, 5.74) is 2.73. The van der Waals surface area contributed by atoms with Gasteiger partial charge in [-0.05, 0) is 61.8 Å². The standard InChI is InChI=1S/C24H29N3O2/c1-2-26-23(29)24(11-5-13-27(17-24)22(28)19-9-10-19)15-18-6-3-7-20(14-18)21-8-4-12-25-16-21/h3-4,6-8,12,14,16,19H,2,5,9-11,13,15,17H2,1H3,(H,26,29)/t24-/m0/s1. The normalized spacial score (nSPS) is 21.6. The van der Waals surface area contributed by atoms with Gasteiger partial charge >= 0.3 is 0 Å². The molecule has 1 aliphatic heterocycles. The van der Waals surface area contributed by atoms with E-state index in [2.05, 4.69) is 28.5 Å². The number of rotatable bonds is 6. The average Bonchev–Trinajstić information content (AvgIpc) is 3.60. The van der Waals surface area contributed by atoms with E-state index in [1.165, 1.54) is 0 Å². The number of carbonyl (C=O) groups is 2. The van der Waals surface area contributed by atoms with Crippen molar-refractivity contribution in [3.63, 3.8) is 0 Å². The average molecular weight is 392 g/mol. The zero-order chi connectivity index (χ0) is 20.3. The zero-order valence-electron chi connectivity index (χ0n) is 17.1. The second kappa shape index (κ2) is 8.36. The first-order valence-corrected chi connectivity index (χ1v) is 10.7. The Bertz CT molecular complexity index is 879. The van der Waals surface area contributed by atoms with Gasteiger partial charge in [-0.3, -0.25) is 14.6 Å². The number of pyridine rings is 1. The lowest BCUT2D eigenvalue weighted by atomic mass is 9.74. The molecule has 2 amide bonds. The van der Waals surface area contributed by atoms with E-state index in [1.807, 2.05) is 36.2 Å². The molecule has 0 bridgehead atoms. The van der Waals surface area contributed by atoms with Crippen LogP contribution < -0.4 is 5.32 Å². The Kier molecular flexibility index (Phi) is 5.65. The third-order valence-electron chi connectivity index (χ3n) is 6.10. The van der Waals surface area contributed by atoms with Crippen LogP contribution >= 0.6 is 0 Å². The molecule has 2 heterocycles. The van der Waals surface area contributed by atoms with Crippen LogP contribution in [0.1, 0.15) is 38.2 Å². The topological polar surface area (TPSA) is 62.3 Å². The summed E-state index contributed by atoms with van der Waals surface area (Å²) in [4.78, 5) is 32.0. The van der Waals surface area contributed by atoms with E-state index in [0.29, 0.717) is 19.5 Å². The fourth-order valence-electron chi connectivity index (χ4n) is 4.45. The van der Waals surface area contributed by atoms with Crippen LogP contribution in [0.2, 0.25) is 0 Å². The Labute approximate surface area is 172 Å². The Balaban J connectivity index is 1.61. The summed E-state index contributed by atoms with van der Waals surface area (Å²) in [7, 11) is 0. The number of nitrogens with one attached hydrogen (secondary N) is 1. The molecule has 1 saturated heterocycles. The fourth-order valence-corrected chi connectivity index (χ4v) is 4.45. The van der Waals surface area contributed by atoms with Gasteiger partial charge in [0.15, 0.2) is 0 Å². The van der Waals surface area contributed by atoms with Gasteiger partial charge in [0.2, 0.25) is 11.8 Å². The molecule has 4 rings (SSSR count).